The van der Waals surface area contributed by atoms with Crippen LogP contribution in [0, 0.1) is 11.8 Å². The molecule has 4 nitrogen and oxygen atoms in total. The third-order valence-corrected chi connectivity index (χ3v) is 5.88. The maximum atomic E-state index is 5.01. The quantitative estimate of drug-likeness (QED) is 0.749. The third kappa shape index (κ3) is 3.38. The Labute approximate surface area is 125 Å². The first-order valence-electron chi connectivity index (χ1n) is 7.88. The highest BCUT2D eigenvalue weighted by atomic mass is 32.1. The van der Waals surface area contributed by atoms with E-state index in [-0.39, 0.29) is 0 Å². The van der Waals surface area contributed by atoms with Crippen LogP contribution in [-0.4, -0.2) is 37.0 Å². The summed E-state index contributed by atoms with van der Waals surface area (Å²) in [6, 6.07) is 0. The first kappa shape index (κ1) is 14.4. The molecule has 3 rings (SSSR count). The smallest absolute Gasteiger partial charge is 0.120 e. The van der Waals surface area contributed by atoms with E-state index in [9.17, 15) is 0 Å². The molecular formula is C15H25N3OS. The topological polar surface area (TPSA) is 47.0 Å². The fourth-order valence-electron chi connectivity index (χ4n) is 3.73. The lowest BCUT2D eigenvalue weighted by Crippen LogP contribution is -2.20. The molecular weight excluding hydrogens is 270 g/mol. The molecule has 0 amide bonds. The fourth-order valence-corrected chi connectivity index (χ4v) is 4.82. The van der Waals surface area contributed by atoms with Crippen LogP contribution in [-0.2, 0) is 11.2 Å². The first-order chi connectivity index (χ1) is 9.86. The average Bonchev–Trinajstić information content (AvgIpc) is 3.17. The van der Waals surface area contributed by atoms with Crippen LogP contribution >= 0.6 is 11.3 Å². The van der Waals surface area contributed by atoms with Gasteiger partial charge in [-0.1, -0.05) is 6.42 Å². The molecule has 20 heavy (non-hydrogen) atoms. The van der Waals surface area contributed by atoms with Gasteiger partial charge in [-0.05, 0) is 44.1 Å². The van der Waals surface area contributed by atoms with Gasteiger partial charge in [0, 0.05) is 26.0 Å². The van der Waals surface area contributed by atoms with E-state index in [1.165, 1.54) is 35.7 Å². The number of fused-ring (bicyclic) bond motifs is 2. The lowest BCUT2D eigenvalue weighted by molar-refractivity contribution is 0.199. The fraction of sp³-hybridized carbons (Fsp3) is 0.867. The van der Waals surface area contributed by atoms with Gasteiger partial charge in [0.2, 0.25) is 0 Å². The highest BCUT2D eigenvalue weighted by molar-refractivity contribution is 7.11. The van der Waals surface area contributed by atoms with Crippen molar-refractivity contribution in [2.75, 3.05) is 26.8 Å². The van der Waals surface area contributed by atoms with Gasteiger partial charge in [0.05, 0.1) is 6.61 Å². The van der Waals surface area contributed by atoms with E-state index in [1.807, 2.05) is 11.3 Å². The third-order valence-electron chi connectivity index (χ3n) is 4.76. The molecule has 1 aromatic heterocycles. The second kappa shape index (κ2) is 6.96. The van der Waals surface area contributed by atoms with Gasteiger partial charge in [-0.15, -0.1) is 21.5 Å². The highest BCUT2D eigenvalue weighted by Crippen LogP contribution is 2.53. The van der Waals surface area contributed by atoms with Crippen LogP contribution in [0.5, 0.6) is 0 Å². The van der Waals surface area contributed by atoms with Crippen molar-refractivity contribution in [1.29, 1.82) is 0 Å². The Morgan fingerprint density at radius 2 is 2.20 bits per heavy atom. The molecule has 0 saturated heterocycles. The number of methoxy groups -OCH3 is 1. The molecule has 5 heteroatoms. The van der Waals surface area contributed by atoms with E-state index < -0.39 is 0 Å². The van der Waals surface area contributed by atoms with Crippen LogP contribution in [0.4, 0.5) is 0 Å². The van der Waals surface area contributed by atoms with Gasteiger partial charge in [-0.25, -0.2) is 0 Å². The maximum Gasteiger partial charge on any atom is 0.120 e. The number of aryl methyl sites for hydroxylation is 1. The van der Waals surface area contributed by atoms with E-state index >= 15 is 0 Å². The van der Waals surface area contributed by atoms with Crippen LogP contribution in [0.25, 0.3) is 0 Å². The molecule has 0 radical (unpaired) electrons. The zero-order valence-corrected chi connectivity index (χ0v) is 13.1. The van der Waals surface area contributed by atoms with E-state index in [0.717, 1.165) is 50.3 Å². The highest BCUT2D eigenvalue weighted by Gasteiger charge is 2.41. The summed E-state index contributed by atoms with van der Waals surface area (Å²) in [6.45, 7) is 2.75. The predicted molar refractivity (Wildman–Crippen MR) is 81.2 cm³/mol. The minimum atomic E-state index is 0.736. The Kier molecular flexibility index (Phi) is 5.02. The van der Waals surface area contributed by atoms with Crippen molar-refractivity contribution in [2.24, 2.45) is 11.8 Å². The van der Waals surface area contributed by atoms with Crippen molar-refractivity contribution >= 4 is 11.3 Å². The zero-order chi connectivity index (χ0) is 13.8. The van der Waals surface area contributed by atoms with Crippen molar-refractivity contribution in [3.05, 3.63) is 10.0 Å². The van der Waals surface area contributed by atoms with Crippen molar-refractivity contribution < 1.29 is 4.74 Å². The Bertz CT molecular complexity index is 423. The standard InChI is InChI=1S/C15H25N3OS/c1-19-8-7-16-6-2-3-14-17-18-15(20-14)13-10-11-4-5-12(13)9-11/h11-13,16H,2-10H2,1H3. The summed E-state index contributed by atoms with van der Waals surface area (Å²) in [5.41, 5.74) is 0. The van der Waals surface area contributed by atoms with Crippen molar-refractivity contribution in [2.45, 2.75) is 44.4 Å². The number of rotatable bonds is 8. The molecule has 0 spiro atoms. The van der Waals surface area contributed by atoms with Crippen LogP contribution in [0.3, 0.4) is 0 Å². The minimum Gasteiger partial charge on any atom is -0.383 e. The number of hydrogen-bond donors (Lipinski definition) is 1. The molecule has 2 aliphatic carbocycles. The van der Waals surface area contributed by atoms with Crippen LogP contribution in [0.2, 0.25) is 0 Å². The molecule has 2 bridgehead atoms. The van der Waals surface area contributed by atoms with E-state index in [4.69, 9.17) is 4.74 Å². The molecule has 3 unspecified atom stereocenters. The second-order valence-corrected chi connectivity index (χ2v) is 7.26. The number of nitrogens with one attached hydrogen (secondary N) is 1. The summed E-state index contributed by atoms with van der Waals surface area (Å²) >= 11 is 1.86. The maximum absolute atomic E-state index is 5.01. The summed E-state index contributed by atoms with van der Waals surface area (Å²) in [6.07, 6.45) is 7.89. The largest absolute Gasteiger partial charge is 0.383 e. The van der Waals surface area contributed by atoms with Crippen molar-refractivity contribution in [3.8, 4) is 0 Å². The van der Waals surface area contributed by atoms with Crippen LogP contribution < -0.4 is 5.32 Å². The summed E-state index contributed by atoms with van der Waals surface area (Å²) in [5, 5.41) is 14.8. The van der Waals surface area contributed by atoms with E-state index in [0.29, 0.717) is 0 Å². The van der Waals surface area contributed by atoms with E-state index in [1.54, 1.807) is 7.11 Å². The van der Waals surface area contributed by atoms with Gasteiger partial charge in [0.1, 0.15) is 10.0 Å². The molecule has 0 aliphatic heterocycles. The summed E-state index contributed by atoms with van der Waals surface area (Å²) in [4.78, 5) is 0. The number of nitrogens with zero attached hydrogens (tertiary/aromatic N) is 2. The molecule has 1 aromatic rings. The summed E-state index contributed by atoms with van der Waals surface area (Å²) in [7, 11) is 1.74. The zero-order valence-electron chi connectivity index (χ0n) is 12.3. The first-order valence-corrected chi connectivity index (χ1v) is 8.70. The molecule has 112 valence electrons. The van der Waals surface area contributed by atoms with Gasteiger partial charge < -0.3 is 10.1 Å². The Morgan fingerprint density at radius 3 is 2.95 bits per heavy atom. The Morgan fingerprint density at radius 1 is 1.25 bits per heavy atom. The molecule has 1 heterocycles. The Balaban J connectivity index is 1.41. The van der Waals surface area contributed by atoms with Crippen molar-refractivity contribution in [1.82, 2.24) is 15.5 Å². The summed E-state index contributed by atoms with van der Waals surface area (Å²) < 4.78 is 5.01. The van der Waals surface area contributed by atoms with Gasteiger partial charge >= 0.3 is 0 Å². The number of hydrogen-bond acceptors (Lipinski definition) is 5. The molecule has 0 aromatic carbocycles. The predicted octanol–water partition coefficient (Wildman–Crippen LogP) is 2.61. The Hall–Kier alpha value is -0.520. The number of ether oxygens (including phenoxy) is 1. The van der Waals surface area contributed by atoms with Gasteiger partial charge in [0.25, 0.3) is 0 Å². The second-order valence-electron chi connectivity index (χ2n) is 6.16. The molecule has 1 N–H and O–H groups in total. The average molecular weight is 295 g/mol. The lowest BCUT2D eigenvalue weighted by Gasteiger charge is -2.18. The number of aromatic nitrogens is 2. The van der Waals surface area contributed by atoms with Crippen LogP contribution in [0.15, 0.2) is 0 Å². The van der Waals surface area contributed by atoms with Gasteiger partial charge in [-0.2, -0.15) is 0 Å². The SMILES string of the molecule is COCCNCCCc1nnc(C2CC3CCC2C3)s1. The van der Waals surface area contributed by atoms with Crippen molar-refractivity contribution in [3.63, 3.8) is 0 Å². The van der Waals surface area contributed by atoms with Crippen LogP contribution in [0.1, 0.15) is 48.0 Å². The monoisotopic (exact) mass is 295 g/mol. The van der Waals surface area contributed by atoms with Gasteiger partial charge in [-0.3, -0.25) is 0 Å². The molecule has 2 fully saturated rings. The van der Waals surface area contributed by atoms with Gasteiger partial charge in [0.15, 0.2) is 0 Å². The molecule has 2 aliphatic rings. The molecule has 3 atom stereocenters. The normalized spacial score (nSPS) is 28.4. The molecule has 2 saturated carbocycles. The summed E-state index contributed by atoms with van der Waals surface area (Å²) in [5.74, 6) is 2.64. The lowest BCUT2D eigenvalue weighted by atomic mass is 9.89. The minimum absolute atomic E-state index is 0.736. The van der Waals surface area contributed by atoms with E-state index in [2.05, 4.69) is 15.5 Å².